The number of ether oxygens (including phenoxy) is 1. The zero-order chi connectivity index (χ0) is 26.2. The Morgan fingerprint density at radius 2 is 1.69 bits per heavy atom. The summed E-state index contributed by atoms with van der Waals surface area (Å²) in [5, 5.41) is 9.42. The van der Waals surface area contributed by atoms with E-state index in [0.717, 1.165) is 12.1 Å². The highest BCUT2D eigenvalue weighted by molar-refractivity contribution is 5.96. The first-order chi connectivity index (χ1) is 17.0. The van der Waals surface area contributed by atoms with Crippen molar-refractivity contribution in [1.29, 1.82) is 0 Å². The Balaban J connectivity index is 1.76. The van der Waals surface area contributed by atoms with Crippen molar-refractivity contribution < 1.29 is 41.0 Å². The third kappa shape index (κ3) is 5.07. The van der Waals surface area contributed by atoms with Gasteiger partial charge in [0.1, 0.15) is 18.2 Å². The van der Waals surface area contributed by atoms with Gasteiger partial charge in [0.15, 0.2) is 11.6 Å². The van der Waals surface area contributed by atoms with Crippen LogP contribution in [0, 0.1) is 24.4 Å². The zero-order valence-electron chi connectivity index (χ0n) is 18.8. The van der Waals surface area contributed by atoms with Crippen molar-refractivity contribution in [1.82, 2.24) is 4.98 Å². The molecule has 1 heterocycles. The van der Waals surface area contributed by atoms with Crippen molar-refractivity contribution in [2.75, 3.05) is 0 Å². The van der Waals surface area contributed by atoms with Crippen molar-refractivity contribution in [2.45, 2.75) is 39.0 Å². The van der Waals surface area contributed by atoms with Crippen LogP contribution < -0.4 is 4.74 Å². The molecular formula is C26H19F6NO3. The van der Waals surface area contributed by atoms with E-state index in [1.165, 1.54) is 25.3 Å². The van der Waals surface area contributed by atoms with Gasteiger partial charge in [0.2, 0.25) is 0 Å². The number of hydrogen-bond acceptors (Lipinski definition) is 3. The lowest BCUT2D eigenvalue weighted by atomic mass is 9.93. The highest BCUT2D eigenvalue weighted by Crippen LogP contribution is 2.45. The molecule has 188 valence electrons. The first-order valence-electron chi connectivity index (χ1n) is 10.9. The van der Waals surface area contributed by atoms with E-state index >= 15 is 0 Å². The van der Waals surface area contributed by atoms with E-state index in [1.54, 1.807) is 0 Å². The lowest BCUT2D eigenvalue weighted by molar-refractivity contribution is -0.137. The van der Waals surface area contributed by atoms with Gasteiger partial charge in [0.25, 0.3) is 0 Å². The van der Waals surface area contributed by atoms with E-state index in [4.69, 9.17) is 4.74 Å². The monoisotopic (exact) mass is 507 g/mol. The van der Waals surface area contributed by atoms with Gasteiger partial charge in [0.05, 0.1) is 16.8 Å². The smallest absolute Gasteiger partial charge is 0.417 e. The molecule has 0 radical (unpaired) electrons. The molecule has 0 saturated carbocycles. The minimum absolute atomic E-state index is 0.0332. The average molecular weight is 507 g/mol. The predicted octanol–water partition coefficient (Wildman–Crippen LogP) is 7.20. The molecule has 0 bridgehead atoms. The molecule has 0 atom stereocenters. The van der Waals surface area contributed by atoms with E-state index < -0.39 is 41.8 Å². The molecule has 0 fully saturated rings. The standard InChI is InChI=1S/C26H19F6NO3/c1-13-19(25(34)35)7-14(11-33-13)17-3-2-4-18(17)20-9-16(5-6-21(20)26(30,31)32)36-12-15-8-23(28)24(29)10-22(15)27/h5-11H,2-4,12H2,1H3,(H,34,35). The Morgan fingerprint density at radius 1 is 1.00 bits per heavy atom. The molecule has 2 aromatic carbocycles. The van der Waals surface area contributed by atoms with E-state index in [1.807, 2.05) is 0 Å². The largest absolute Gasteiger partial charge is 0.489 e. The third-order valence-corrected chi connectivity index (χ3v) is 5.99. The van der Waals surface area contributed by atoms with Gasteiger partial charge in [-0.3, -0.25) is 4.98 Å². The first kappa shape index (κ1) is 25.3. The Kier molecular flexibility index (Phi) is 6.79. The number of alkyl halides is 3. The maximum Gasteiger partial charge on any atom is 0.417 e. The number of pyridine rings is 1. The molecule has 4 nitrogen and oxygen atoms in total. The number of carbonyl (C=O) groups is 1. The number of nitrogens with zero attached hydrogens (tertiary/aromatic N) is 1. The summed E-state index contributed by atoms with van der Waals surface area (Å²) in [6.45, 7) is 0.985. The number of aryl methyl sites for hydroxylation is 1. The summed E-state index contributed by atoms with van der Waals surface area (Å²) in [5.74, 6) is -4.93. The van der Waals surface area contributed by atoms with Gasteiger partial charge in [-0.25, -0.2) is 18.0 Å². The second-order valence-electron chi connectivity index (χ2n) is 8.32. The summed E-state index contributed by atoms with van der Waals surface area (Å²) in [7, 11) is 0. The molecule has 36 heavy (non-hydrogen) atoms. The zero-order valence-corrected chi connectivity index (χ0v) is 18.8. The summed E-state index contributed by atoms with van der Waals surface area (Å²) in [5.41, 5.74) is 0.178. The molecule has 1 aromatic heterocycles. The van der Waals surface area contributed by atoms with Gasteiger partial charge >= 0.3 is 12.1 Å². The number of benzene rings is 2. The van der Waals surface area contributed by atoms with Crippen LogP contribution in [-0.4, -0.2) is 16.1 Å². The fraction of sp³-hybridized carbons (Fsp3) is 0.231. The first-order valence-corrected chi connectivity index (χ1v) is 10.9. The number of allylic oxidation sites excluding steroid dienone is 2. The van der Waals surface area contributed by atoms with Crippen LogP contribution in [-0.2, 0) is 12.8 Å². The molecule has 0 spiro atoms. The van der Waals surface area contributed by atoms with Crippen LogP contribution in [0.25, 0.3) is 11.1 Å². The summed E-state index contributed by atoms with van der Waals surface area (Å²) >= 11 is 0. The van der Waals surface area contributed by atoms with Gasteiger partial charge in [-0.1, -0.05) is 0 Å². The van der Waals surface area contributed by atoms with Crippen molar-refractivity contribution in [3.8, 4) is 5.75 Å². The third-order valence-electron chi connectivity index (χ3n) is 5.99. The van der Waals surface area contributed by atoms with Crippen LogP contribution in [0.3, 0.4) is 0 Å². The molecule has 1 N–H and O–H groups in total. The minimum Gasteiger partial charge on any atom is -0.489 e. The summed E-state index contributed by atoms with van der Waals surface area (Å²) in [6.07, 6.45) is -2.00. The number of aromatic carboxylic acids is 1. The van der Waals surface area contributed by atoms with Crippen LogP contribution >= 0.6 is 0 Å². The van der Waals surface area contributed by atoms with E-state index in [-0.39, 0.29) is 28.1 Å². The van der Waals surface area contributed by atoms with E-state index in [0.29, 0.717) is 48.1 Å². The van der Waals surface area contributed by atoms with Crippen LogP contribution in [0.1, 0.15) is 57.6 Å². The Morgan fingerprint density at radius 3 is 2.39 bits per heavy atom. The molecule has 3 aromatic rings. The number of carboxylic acids is 1. The van der Waals surface area contributed by atoms with Crippen LogP contribution in [0.5, 0.6) is 5.75 Å². The Hall–Kier alpha value is -3.82. The van der Waals surface area contributed by atoms with Crippen molar-refractivity contribution in [3.63, 3.8) is 0 Å². The molecule has 4 rings (SSSR count). The Bertz CT molecular complexity index is 1380. The van der Waals surface area contributed by atoms with Crippen molar-refractivity contribution >= 4 is 17.1 Å². The summed E-state index contributed by atoms with van der Waals surface area (Å²) in [6, 6.07) is 5.45. The van der Waals surface area contributed by atoms with E-state index in [9.17, 15) is 36.2 Å². The van der Waals surface area contributed by atoms with Crippen LogP contribution in [0.15, 0.2) is 42.6 Å². The normalized spacial score (nSPS) is 13.9. The second-order valence-corrected chi connectivity index (χ2v) is 8.32. The highest BCUT2D eigenvalue weighted by atomic mass is 19.4. The van der Waals surface area contributed by atoms with Gasteiger partial charge in [-0.05, 0) is 78.8 Å². The molecule has 0 aliphatic heterocycles. The quantitative estimate of drug-likeness (QED) is 0.283. The van der Waals surface area contributed by atoms with Crippen molar-refractivity contribution in [3.05, 3.63) is 93.6 Å². The number of hydrogen-bond donors (Lipinski definition) is 1. The fourth-order valence-corrected chi connectivity index (χ4v) is 4.22. The molecule has 10 heteroatoms. The van der Waals surface area contributed by atoms with Crippen molar-refractivity contribution in [2.24, 2.45) is 0 Å². The van der Waals surface area contributed by atoms with E-state index in [2.05, 4.69) is 4.98 Å². The molecule has 0 amide bonds. The minimum atomic E-state index is -4.70. The lowest BCUT2D eigenvalue weighted by Gasteiger charge is -2.18. The molecule has 0 saturated heterocycles. The predicted molar refractivity (Wildman–Crippen MR) is 119 cm³/mol. The van der Waals surface area contributed by atoms with Crippen LogP contribution in [0.4, 0.5) is 26.3 Å². The fourth-order valence-electron chi connectivity index (χ4n) is 4.22. The highest BCUT2D eigenvalue weighted by Gasteiger charge is 2.35. The maximum atomic E-state index is 13.9. The van der Waals surface area contributed by atoms with Gasteiger partial charge < -0.3 is 9.84 Å². The average Bonchev–Trinajstić information content (AvgIpc) is 3.30. The second kappa shape index (κ2) is 9.67. The summed E-state index contributed by atoms with van der Waals surface area (Å²) < 4.78 is 87.7. The number of carboxylic acid groups (broad SMARTS) is 1. The maximum absolute atomic E-state index is 13.9. The number of aromatic nitrogens is 1. The Labute approximate surface area is 201 Å². The molecule has 0 unspecified atom stereocenters. The van der Waals surface area contributed by atoms with Gasteiger partial charge in [-0.15, -0.1) is 0 Å². The lowest BCUT2D eigenvalue weighted by Crippen LogP contribution is -2.10. The van der Waals surface area contributed by atoms with Gasteiger partial charge in [0, 0.05) is 17.8 Å². The SMILES string of the molecule is Cc1ncc(C2=C(c3cc(OCc4cc(F)c(F)cc4F)ccc3C(F)(F)F)CCC2)cc1C(=O)O. The number of rotatable bonds is 6. The molecule has 1 aliphatic rings. The van der Waals surface area contributed by atoms with Gasteiger partial charge in [-0.2, -0.15) is 13.2 Å². The molecular weight excluding hydrogens is 488 g/mol. The summed E-state index contributed by atoms with van der Waals surface area (Å²) in [4.78, 5) is 15.6. The topological polar surface area (TPSA) is 59.4 Å². The number of halogens is 6. The van der Waals surface area contributed by atoms with Crippen LogP contribution in [0.2, 0.25) is 0 Å². The molecule has 1 aliphatic carbocycles.